The van der Waals surface area contributed by atoms with Crippen LogP contribution in [-0.2, 0) is 6.54 Å². The lowest BCUT2D eigenvalue weighted by atomic mass is 10.1. The van der Waals surface area contributed by atoms with Crippen LogP contribution in [0.15, 0.2) is 18.2 Å². The maximum atomic E-state index is 14.2. The lowest BCUT2D eigenvalue weighted by molar-refractivity contribution is 0.254. The molecule has 0 saturated carbocycles. The van der Waals surface area contributed by atoms with Crippen molar-refractivity contribution in [2.24, 2.45) is 5.73 Å². The number of likely N-dealkylation sites (N-methyl/N-ethyl adjacent to an activating group) is 1. The van der Waals surface area contributed by atoms with E-state index in [1.165, 1.54) is 12.8 Å². The smallest absolute Gasteiger partial charge is 0.146 e. The van der Waals surface area contributed by atoms with Gasteiger partial charge in [0, 0.05) is 31.7 Å². The summed E-state index contributed by atoms with van der Waals surface area (Å²) in [5.74, 6) is -0.136. The van der Waals surface area contributed by atoms with Crippen LogP contribution in [0.2, 0.25) is 0 Å². The highest BCUT2D eigenvalue weighted by molar-refractivity contribution is 5.49. The average molecular weight is 263 g/mol. The molecule has 104 valence electrons. The molecule has 3 nitrogen and oxygen atoms in total. The van der Waals surface area contributed by atoms with E-state index in [4.69, 9.17) is 5.73 Å². The molecule has 2 N–H and O–H groups in total. The van der Waals surface area contributed by atoms with Gasteiger partial charge in [-0.1, -0.05) is 6.07 Å². The average Bonchev–Trinajstić information content (AvgIpc) is 2.64. The molecule has 2 heterocycles. The molecule has 0 aliphatic carbocycles. The Hall–Kier alpha value is -1.13. The molecular formula is C15H22FN3. The van der Waals surface area contributed by atoms with Crippen LogP contribution in [0.1, 0.15) is 24.8 Å². The van der Waals surface area contributed by atoms with Crippen LogP contribution < -0.4 is 10.6 Å². The van der Waals surface area contributed by atoms with E-state index in [1.807, 2.05) is 12.1 Å². The van der Waals surface area contributed by atoms with Crippen LogP contribution in [0.3, 0.4) is 0 Å². The normalized spacial score (nSPS) is 27.6. The second-order valence-corrected chi connectivity index (χ2v) is 5.78. The molecular weight excluding hydrogens is 241 g/mol. The molecule has 19 heavy (non-hydrogen) atoms. The maximum Gasteiger partial charge on any atom is 0.146 e. The van der Waals surface area contributed by atoms with E-state index in [2.05, 4.69) is 16.8 Å². The fraction of sp³-hybridized carbons (Fsp3) is 0.600. The van der Waals surface area contributed by atoms with Gasteiger partial charge in [-0.25, -0.2) is 4.39 Å². The molecule has 0 amide bonds. The van der Waals surface area contributed by atoms with Gasteiger partial charge in [0.25, 0.3) is 0 Å². The molecule has 2 unspecified atom stereocenters. The molecule has 2 saturated heterocycles. The standard InChI is InChI=1S/C15H22FN3/c1-18-12-3-4-13(18)10-19(7-6-12)15-5-2-11(9-17)8-14(15)16/h2,5,8,12-13H,3-4,6-7,9-10,17H2,1H3. The zero-order valence-electron chi connectivity index (χ0n) is 11.5. The topological polar surface area (TPSA) is 32.5 Å². The zero-order chi connectivity index (χ0) is 13.4. The Kier molecular flexibility index (Phi) is 3.46. The molecule has 1 aromatic carbocycles. The second-order valence-electron chi connectivity index (χ2n) is 5.78. The predicted molar refractivity (Wildman–Crippen MR) is 75.7 cm³/mol. The summed E-state index contributed by atoms with van der Waals surface area (Å²) in [6.07, 6.45) is 3.66. The van der Waals surface area contributed by atoms with E-state index in [9.17, 15) is 4.39 Å². The first kappa shape index (κ1) is 12.9. The van der Waals surface area contributed by atoms with Crippen molar-refractivity contribution in [3.05, 3.63) is 29.6 Å². The van der Waals surface area contributed by atoms with Gasteiger partial charge in [0.1, 0.15) is 5.82 Å². The third-order valence-electron chi connectivity index (χ3n) is 4.74. The molecule has 2 aliphatic heterocycles. The Morgan fingerprint density at radius 1 is 1.26 bits per heavy atom. The Balaban J connectivity index is 1.82. The van der Waals surface area contributed by atoms with Gasteiger partial charge >= 0.3 is 0 Å². The summed E-state index contributed by atoms with van der Waals surface area (Å²) in [7, 11) is 2.21. The summed E-state index contributed by atoms with van der Waals surface area (Å²) in [6.45, 7) is 2.28. The Morgan fingerprint density at radius 3 is 2.79 bits per heavy atom. The molecule has 4 heteroatoms. The number of hydrogen-bond donors (Lipinski definition) is 1. The summed E-state index contributed by atoms with van der Waals surface area (Å²) in [5, 5.41) is 0. The molecule has 2 atom stereocenters. The second kappa shape index (κ2) is 5.10. The van der Waals surface area contributed by atoms with Crippen molar-refractivity contribution in [2.45, 2.75) is 37.9 Å². The van der Waals surface area contributed by atoms with Gasteiger partial charge < -0.3 is 10.6 Å². The Morgan fingerprint density at radius 2 is 2.05 bits per heavy atom. The lowest BCUT2D eigenvalue weighted by Crippen LogP contribution is -2.37. The van der Waals surface area contributed by atoms with Crippen molar-refractivity contribution in [1.29, 1.82) is 0 Å². The van der Waals surface area contributed by atoms with Crippen molar-refractivity contribution >= 4 is 5.69 Å². The number of fused-ring (bicyclic) bond motifs is 2. The lowest BCUT2D eigenvalue weighted by Gasteiger charge is -2.28. The number of halogens is 1. The van der Waals surface area contributed by atoms with Gasteiger partial charge in [0.15, 0.2) is 0 Å². The van der Waals surface area contributed by atoms with Crippen LogP contribution in [0.25, 0.3) is 0 Å². The van der Waals surface area contributed by atoms with E-state index >= 15 is 0 Å². The summed E-state index contributed by atoms with van der Waals surface area (Å²) >= 11 is 0. The third kappa shape index (κ3) is 2.35. The number of nitrogens with two attached hydrogens (primary N) is 1. The van der Waals surface area contributed by atoms with Gasteiger partial charge in [-0.05, 0) is 44.0 Å². The highest BCUT2D eigenvalue weighted by Gasteiger charge is 2.35. The molecule has 0 radical (unpaired) electrons. The summed E-state index contributed by atoms with van der Waals surface area (Å²) in [5.41, 5.74) is 7.14. The number of benzene rings is 1. The number of anilines is 1. The number of hydrogen-bond acceptors (Lipinski definition) is 3. The van der Waals surface area contributed by atoms with Gasteiger partial charge in [0.05, 0.1) is 5.69 Å². The van der Waals surface area contributed by atoms with Gasteiger partial charge in [-0.2, -0.15) is 0 Å². The first-order chi connectivity index (χ1) is 9.19. The zero-order valence-corrected chi connectivity index (χ0v) is 11.5. The van der Waals surface area contributed by atoms with Gasteiger partial charge in [-0.3, -0.25) is 4.90 Å². The number of rotatable bonds is 2. The first-order valence-electron chi connectivity index (χ1n) is 7.14. The summed E-state index contributed by atoms with van der Waals surface area (Å²) in [6, 6.07) is 6.65. The van der Waals surface area contributed by atoms with Crippen LogP contribution in [0.4, 0.5) is 10.1 Å². The van der Waals surface area contributed by atoms with Crippen LogP contribution in [-0.4, -0.2) is 37.1 Å². The van der Waals surface area contributed by atoms with E-state index < -0.39 is 0 Å². The molecule has 2 fully saturated rings. The Labute approximate surface area is 114 Å². The van der Waals surface area contributed by atoms with Crippen molar-refractivity contribution in [3.8, 4) is 0 Å². The maximum absolute atomic E-state index is 14.2. The molecule has 2 bridgehead atoms. The van der Waals surface area contributed by atoms with Crippen LogP contribution >= 0.6 is 0 Å². The SMILES string of the molecule is CN1C2CCC1CN(c1ccc(CN)cc1F)CC2. The van der Waals surface area contributed by atoms with Crippen molar-refractivity contribution < 1.29 is 4.39 Å². The minimum absolute atomic E-state index is 0.136. The molecule has 0 spiro atoms. The van der Waals surface area contributed by atoms with Gasteiger partial charge in [-0.15, -0.1) is 0 Å². The predicted octanol–water partition coefficient (Wildman–Crippen LogP) is 1.96. The minimum Gasteiger partial charge on any atom is -0.368 e. The van der Waals surface area contributed by atoms with Crippen molar-refractivity contribution in [2.75, 3.05) is 25.0 Å². The minimum atomic E-state index is -0.136. The fourth-order valence-electron chi connectivity index (χ4n) is 3.46. The Bertz CT molecular complexity index is 463. The molecule has 1 aromatic rings. The molecule has 3 rings (SSSR count). The first-order valence-corrected chi connectivity index (χ1v) is 7.14. The largest absolute Gasteiger partial charge is 0.368 e. The number of nitrogens with zero attached hydrogens (tertiary/aromatic N) is 2. The van der Waals surface area contributed by atoms with E-state index in [1.54, 1.807) is 6.07 Å². The molecule has 0 aromatic heterocycles. The summed E-state index contributed by atoms with van der Waals surface area (Å²) in [4.78, 5) is 4.68. The van der Waals surface area contributed by atoms with Crippen LogP contribution in [0, 0.1) is 5.82 Å². The monoisotopic (exact) mass is 263 g/mol. The van der Waals surface area contributed by atoms with E-state index in [0.717, 1.165) is 30.8 Å². The summed E-state index contributed by atoms with van der Waals surface area (Å²) < 4.78 is 14.2. The quantitative estimate of drug-likeness (QED) is 0.885. The van der Waals surface area contributed by atoms with E-state index in [0.29, 0.717) is 18.6 Å². The van der Waals surface area contributed by atoms with Crippen LogP contribution in [0.5, 0.6) is 0 Å². The van der Waals surface area contributed by atoms with Crippen molar-refractivity contribution in [3.63, 3.8) is 0 Å². The fourth-order valence-corrected chi connectivity index (χ4v) is 3.46. The highest BCUT2D eigenvalue weighted by Crippen LogP contribution is 2.31. The highest BCUT2D eigenvalue weighted by atomic mass is 19.1. The third-order valence-corrected chi connectivity index (χ3v) is 4.74. The van der Waals surface area contributed by atoms with E-state index in [-0.39, 0.29) is 5.82 Å². The molecule has 2 aliphatic rings. The van der Waals surface area contributed by atoms with Gasteiger partial charge in [0.2, 0.25) is 0 Å². The van der Waals surface area contributed by atoms with Crippen molar-refractivity contribution in [1.82, 2.24) is 4.90 Å².